The maximum absolute atomic E-state index is 12.7. The van der Waals surface area contributed by atoms with Crippen molar-refractivity contribution >= 4 is 10.0 Å². The fourth-order valence-corrected chi connectivity index (χ4v) is 5.77. The first-order valence-corrected chi connectivity index (χ1v) is 14.9. The Labute approximate surface area is 230 Å². The largest absolute Gasteiger partial charge is 0.374 e. The van der Waals surface area contributed by atoms with E-state index >= 15 is 0 Å². The summed E-state index contributed by atoms with van der Waals surface area (Å²) in [4.78, 5) is 0. The molecule has 9 heteroatoms. The van der Waals surface area contributed by atoms with E-state index in [4.69, 9.17) is 23.7 Å². The molecule has 2 bridgehead atoms. The first-order chi connectivity index (χ1) is 18.9. The van der Waals surface area contributed by atoms with Gasteiger partial charge in [-0.25, -0.2) is 8.42 Å². The predicted molar refractivity (Wildman–Crippen MR) is 146 cm³/mol. The summed E-state index contributed by atoms with van der Waals surface area (Å²) >= 11 is 0. The zero-order valence-corrected chi connectivity index (χ0v) is 23.0. The van der Waals surface area contributed by atoms with Crippen LogP contribution in [-0.4, -0.2) is 69.4 Å². The average Bonchev–Trinajstić information content (AvgIpc) is 3.32. The van der Waals surface area contributed by atoms with Gasteiger partial charge in [0.05, 0.1) is 39.3 Å². The van der Waals surface area contributed by atoms with Gasteiger partial charge in [0.25, 0.3) is 0 Å². The number of hydrogen-bond donors (Lipinski definition) is 0. The van der Waals surface area contributed by atoms with Gasteiger partial charge in [-0.3, -0.25) is 0 Å². The number of sulfonamides is 1. The van der Waals surface area contributed by atoms with Crippen molar-refractivity contribution in [3.05, 3.63) is 108 Å². The molecule has 2 fully saturated rings. The molecule has 0 radical (unpaired) electrons. The third-order valence-corrected chi connectivity index (χ3v) is 8.52. The minimum absolute atomic E-state index is 0.186. The van der Waals surface area contributed by atoms with Crippen LogP contribution in [0, 0.1) is 0 Å². The van der Waals surface area contributed by atoms with E-state index < -0.39 is 40.2 Å². The molecular formula is C30H35NO7S. The average molecular weight is 554 g/mol. The Morgan fingerprint density at radius 3 is 1.87 bits per heavy atom. The van der Waals surface area contributed by atoms with Gasteiger partial charge in [0.1, 0.15) is 23.9 Å². The Kier molecular flexibility index (Phi) is 8.78. The Balaban J connectivity index is 1.45. The molecule has 5 unspecified atom stereocenters. The molecule has 0 aromatic heterocycles. The molecule has 2 aliphatic heterocycles. The summed E-state index contributed by atoms with van der Waals surface area (Å²) in [6.07, 6.45) is -1.02. The van der Waals surface area contributed by atoms with E-state index in [1.165, 1.54) is 17.6 Å². The molecule has 5 rings (SSSR count). The lowest BCUT2D eigenvalue weighted by molar-refractivity contribution is -0.271. The molecule has 2 saturated heterocycles. The number of nitrogens with zero attached hydrogens (tertiary/aromatic N) is 1. The number of benzene rings is 3. The number of fused-ring (bicyclic) bond motifs is 2. The van der Waals surface area contributed by atoms with Crippen molar-refractivity contribution in [3.63, 3.8) is 0 Å². The molecule has 8 nitrogen and oxygen atoms in total. The highest BCUT2D eigenvalue weighted by Crippen LogP contribution is 2.43. The van der Waals surface area contributed by atoms with Crippen LogP contribution in [0.15, 0.2) is 91.0 Å². The first-order valence-electron chi connectivity index (χ1n) is 13.0. The maximum Gasteiger partial charge on any atom is 0.211 e. The van der Waals surface area contributed by atoms with Crippen LogP contribution in [0.1, 0.15) is 16.7 Å². The van der Waals surface area contributed by atoms with E-state index in [-0.39, 0.29) is 19.8 Å². The summed E-state index contributed by atoms with van der Waals surface area (Å²) in [5.74, 6) is 0. The van der Waals surface area contributed by atoms with Crippen LogP contribution in [0.25, 0.3) is 0 Å². The van der Waals surface area contributed by atoms with Gasteiger partial charge < -0.3 is 23.7 Å². The van der Waals surface area contributed by atoms with Crippen LogP contribution >= 0.6 is 0 Å². The smallest absolute Gasteiger partial charge is 0.211 e. The lowest BCUT2D eigenvalue weighted by Gasteiger charge is -2.48. The van der Waals surface area contributed by atoms with Gasteiger partial charge in [-0.1, -0.05) is 91.0 Å². The van der Waals surface area contributed by atoms with Gasteiger partial charge in [-0.2, -0.15) is 4.31 Å². The lowest BCUT2D eigenvalue weighted by Crippen LogP contribution is -2.67. The molecule has 2 aliphatic rings. The van der Waals surface area contributed by atoms with Gasteiger partial charge in [-0.05, 0) is 16.7 Å². The van der Waals surface area contributed by atoms with E-state index in [1.54, 1.807) is 0 Å². The molecular weight excluding hydrogens is 518 g/mol. The standard InChI is InChI=1S/C30H35NO7S/c1-31(39(2,32)33)26-27(35-19-24-14-8-4-9-15-24)28(36-20-25-16-10-5-11-17-25)30(22-37-29(26)38-30)21-34-18-23-12-6-3-7-13-23/h3-17,26-29H,18-22H2,1-2H3. The summed E-state index contributed by atoms with van der Waals surface area (Å²) in [5.41, 5.74) is 2.00. The molecule has 208 valence electrons. The second kappa shape index (κ2) is 12.3. The highest BCUT2D eigenvalue weighted by molar-refractivity contribution is 7.88. The number of hydrogen-bond acceptors (Lipinski definition) is 7. The van der Waals surface area contributed by atoms with Crippen molar-refractivity contribution in [2.75, 3.05) is 26.5 Å². The highest BCUT2D eigenvalue weighted by atomic mass is 32.2. The second-order valence-electron chi connectivity index (χ2n) is 10.1. The third-order valence-electron chi connectivity index (χ3n) is 7.23. The summed E-state index contributed by atoms with van der Waals surface area (Å²) in [6.45, 7) is 1.34. The van der Waals surface area contributed by atoms with Crippen LogP contribution in [0.4, 0.5) is 0 Å². The van der Waals surface area contributed by atoms with Crippen LogP contribution in [0.3, 0.4) is 0 Å². The second-order valence-corrected chi connectivity index (χ2v) is 12.1. The fourth-order valence-electron chi connectivity index (χ4n) is 5.11. The minimum Gasteiger partial charge on any atom is -0.374 e. The van der Waals surface area contributed by atoms with Crippen molar-refractivity contribution in [3.8, 4) is 0 Å². The minimum atomic E-state index is -3.60. The molecule has 0 amide bonds. The molecule has 2 heterocycles. The van der Waals surface area contributed by atoms with Gasteiger partial charge >= 0.3 is 0 Å². The molecule has 0 aliphatic carbocycles. The quantitative estimate of drug-likeness (QED) is 0.338. The fraction of sp³-hybridized carbons (Fsp3) is 0.400. The first kappa shape index (κ1) is 27.9. The molecule has 0 saturated carbocycles. The zero-order valence-electron chi connectivity index (χ0n) is 22.2. The molecule has 5 atom stereocenters. The highest BCUT2D eigenvalue weighted by Gasteiger charge is 2.63. The Morgan fingerprint density at radius 2 is 1.33 bits per heavy atom. The van der Waals surface area contributed by atoms with Crippen molar-refractivity contribution in [2.45, 2.75) is 50.0 Å². The molecule has 3 aromatic rings. The molecule has 0 N–H and O–H groups in total. The van der Waals surface area contributed by atoms with E-state index in [0.717, 1.165) is 16.7 Å². The Morgan fingerprint density at radius 1 is 0.821 bits per heavy atom. The summed E-state index contributed by atoms with van der Waals surface area (Å²) in [6, 6.07) is 28.7. The van der Waals surface area contributed by atoms with Crippen molar-refractivity contribution in [1.29, 1.82) is 0 Å². The van der Waals surface area contributed by atoms with E-state index in [2.05, 4.69) is 0 Å². The van der Waals surface area contributed by atoms with Crippen LogP contribution in [0.2, 0.25) is 0 Å². The zero-order chi connectivity index (χ0) is 27.3. The number of likely N-dealkylation sites (N-methyl/N-ethyl adjacent to an activating group) is 1. The van der Waals surface area contributed by atoms with Crippen LogP contribution < -0.4 is 0 Å². The van der Waals surface area contributed by atoms with E-state index in [0.29, 0.717) is 13.2 Å². The monoisotopic (exact) mass is 553 g/mol. The van der Waals surface area contributed by atoms with Crippen molar-refractivity contribution < 1.29 is 32.1 Å². The molecule has 0 spiro atoms. The third kappa shape index (κ3) is 6.58. The van der Waals surface area contributed by atoms with Gasteiger partial charge in [0.2, 0.25) is 10.0 Å². The normalized spacial score (nSPS) is 26.6. The summed E-state index contributed by atoms with van der Waals surface area (Å²) < 4.78 is 58.5. The SMILES string of the molecule is CN(C1C2OCC(COCc3ccccc3)(O2)C(OCc2ccccc2)C1OCc1ccccc1)S(C)(=O)=O. The summed E-state index contributed by atoms with van der Waals surface area (Å²) in [7, 11) is -2.07. The molecule has 3 aromatic carbocycles. The predicted octanol–water partition coefficient (Wildman–Crippen LogP) is 3.76. The topological polar surface area (TPSA) is 83.5 Å². The lowest BCUT2D eigenvalue weighted by atomic mass is 9.87. The maximum atomic E-state index is 12.7. The summed E-state index contributed by atoms with van der Waals surface area (Å²) in [5, 5.41) is 0. The van der Waals surface area contributed by atoms with E-state index in [1.807, 2.05) is 91.0 Å². The Bertz CT molecular complexity index is 1290. The van der Waals surface area contributed by atoms with Crippen molar-refractivity contribution in [1.82, 2.24) is 4.31 Å². The Hall–Kier alpha value is -2.63. The van der Waals surface area contributed by atoms with Crippen LogP contribution in [0.5, 0.6) is 0 Å². The van der Waals surface area contributed by atoms with Crippen LogP contribution in [-0.2, 0) is 53.5 Å². The van der Waals surface area contributed by atoms with E-state index in [9.17, 15) is 8.42 Å². The van der Waals surface area contributed by atoms with Gasteiger partial charge in [-0.15, -0.1) is 0 Å². The number of rotatable bonds is 12. The number of ether oxygens (including phenoxy) is 5. The van der Waals surface area contributed by atoms with Crippen molar-refractivity contribution in [2.24, 2.45) is 0 Å². The molecule has 39 heavy (non-hydrogen) atoms. The van der Waals surface area contributed by atoms with Gasteiger partial charge in [0.15, 0.2) is 6.29 Å². The van der Waals surface area contributed by atoms with Gasteiger partial charge in [0, 0.05) is 7.05 Å².